The lowest BCUT2D eigenvalue weighted by atomic mass is 9.69. The van der Waals surface area contributed by atoms with Crippen molar-refractivity contribution < 1.29 is 0 Å². The standard InChI is InChI=1S/C28H50/c1-21(2)7-12-24(5)25(6)13-8-22(3)9-14-26-15-19-28(20-16-26)27-17-10-23(4)11-18-27/h8-9,13-14,21-28H,7,10-12,15-20H2,1-6H3/b13-8-,14-9+. The fourth-order valence-electron chi connectivity index (χ4n) is 5.36. The smallest absolute Gasteiger partial charge is 0.00817 e. The summed E-state index contributed by atoms with van der Waals surface area (Å²) in [5.41, 5.74) is 0. The summed E-state index contributed by atoms with van der Waals surface area (Å²) < 4.78 is 0. The van der Waals surface area contributed by atoms with Gasteiger partial charge in [-0.25, -0.2) is 0 Å². The lowest BCUT2D eigenvalue weighted by Gasteiger charge is -2.36. The molecule has 0 aromatic carbocycles. The van der Waals surface area contributed by atoms with E-state index in [0.29, 0.717) is 11.8 Å². The molecule has 0 heteroatoms. The lowest BCUT2D eigenvalue weighted by Crippen LogP contribution is -2.24. The van der Waals surface area contributed by atoms with Crippen molar-refractivity contribution in [2.24, 2.45) is 47.3 Å². The van der Waals surface area contributed by atoms with Crippen LogP contribution in [0.5, 0.6) is 0 Å². The Labute approximate surface area is 177 Å². The van der Waals surface area contributed by atoms with Crippen LogP contribution in [-0.4, -0.2) is 0 Å². The highest BCUT2D eigenvalue weighted by Gasteiger charge is 2.29. The molecule has 2 aliphatic carbocycles. The summed E-state index contributed by atoms with van der Waals surface area (Å²) in [5, 5.41) is 0. The van der Waals surface area contributed by atoms with Crippen molar-refractivity contribution in [3.63, 3.8) is 0 Å². The first-order chi connectivity index (χ1) is 13.3. The highest BCUT2D eigenvalue weighted by atomic mass is 14.3. The molecule has 0 aromatic heterocycles. The Morgan fingerprint density at radius 3 is 1.82 bits per heavy atom. The average Bonchev–Trinajstić information content (AvgIpc) is 2.69. The van der Waals surface area contributed by atoms with Crippen LogP contribution in [0.25, 0.3) is 0 Å². The zero-order valence-electron chi connectivity index (χ0n) is 20.0. The van der Waals surface area contributed by atoms with Crippen molar-refractivity contribution in [2.45, 2.75) is 106 Å². The van der Waals surface area contributed by atoms with E-state index >= 15 is 0 Å². The van der Waals surface area contributed by atoms with Gasteiger partial charge >= 0.3 is 0 Å². The second-order valence-electron chi connectivity index (χ2n) is 11.1. The van der Waals surface area contributed by atoms with Gasteiger partial charge in [-0.1, -0.05) is 85.1 Å². The van der Waals surface area contributed by atoms with E-state index in [4.69, 9.17) is 0 Å². The Hall–Kier alpha value is -0.520. The molecule has 0 saturated heterocycles. The Morgan fingerprint density at radius 1 is 0.679 bits per heavy atom. The largest absolute Gasteiger partial charge is 0.0848 e. The van der Waals surface area contributed by atoms with Crippen molar-refractivity contribution in [1.82, 2.24) is 0 Å². The van der Waals surface area contributed by atoms with E-state index in [9.17, 15) is 0 Å². The molecule has 0 aliphatic heterocycles. The van der Waals surface area contributed by atoms with Crippen molar-refractivity contribution in [1.29, 1.82) is 0 Å². The van der Waals surface area contributed by atoms with Crippen LogP contribution in [0.2, 0.25) is 0 Å². The van der Waals surface area contributed by atoms with Crippen LogP contribution >= 0.6 is 0 Å². The molecule has 0 spiro atoms. The highest BCUT2D eigenvalue weighted by Crippen LogP contribution is 2.41. The van der Waals surface area contributed by atoms with Gasteiger partial charge in [0.05, 0.1) is 0 Å². The predicted molar refractivity (Wildman–Crippen MR) is 126 cm³/mol. The molecular formula is C28H50. The number of rotatable bonds is 9. The topological polar surface area (TPSA) is 0 Å². The van der Waals surface area contributed by atoms with Crippen LogP contribution in [0.3, 0.4) is 0 Å². The first kappa shape index (κ1) is 23.8. The third-order valence-electron chi connectivity index (χ3n) is 8.05. The number of hydrogen-bond donors (Lipinski definition) is 0. The number of hydrogen-bond acceptors (Lipinski definition) is 0. The van der Waals surface area contributed by atoms with E-state index in [1.54, 1.807) is 0 Å². The minimum Gasteiger partial charge on any atom is -0.0848 e. The van der Waals surface area contributed by atoms with Crippen LogP contribution in [-0.2, 0) is 0 Å². The molecule has 3 unspecified atom stereocenters. The molecule has 0 heterocycles. The highest BCUT2D eigenvalue weighted by molar-refractivity contribution is 5.03. The van der Waals surface area contributed by atoms with Gasteiger partial charge in [-0.15, -0.1) is 0 Å². The summed E-state index contributed by atoms with van der Waals surface area (Å²) >= 11 is 0. The van der Waals surface area contributed by atoms with Crippen molar-refractivity contribution >= 4 is 0 Å². The molecule has 2 aliphatic rings. The zero-order valence-corrected chi connectivity index (χ0v) is 20.0. The molecule has 2 fully saturated rings. The second-order valence-corrected chi connectivity index (χ2v) is 11.1. The van der Waals surface area contributed by atoms with E-state index in [0.717, 1.165) is 35.5 Å². The fraction of sp³-hybridized carbons (Fsp3) is 0.857. The van der Waals surface area contributed by atoms with E-state index in [1.165, 1.54) is 64.2 Å². The molecule has 28 heavy (non-hydrogen) atoms. The molecular weight excluding hydrogens is 336 g/mol. The first-order valence-electron chi connectivity index (χ1n) is 12.7. The Kier molecular flexibility index (Phi) is 10.4. The van der Waals surface area contributed by atoms with Crippen molar-refractivity contribution in [3.05, 3.63) is 24.3 Å². The third-order valence-corrected chi connectivity index (χ3v) is 8.05. The Bertz CT molecular complexity index is 454. The summed E-state index contributed by atoms with van der Waals surface area (Å²) in [4.78, 5) is 0. The number of allylic oxidation sites excluding steroid dienone is 4. The normalized spacial score (nSPS) is 32.8. The van der Waals surface area contributed by atoms with Crippen LogP contribution < -0.4 is 0 Å². The fourth-order valence-corrected chi connectivity index (χ4v) is 5.36. The maximum Gasteiger partial charge on any atom is -0.00817 e. The van der Waals surface area contributed by atoms with E-state index in [2.05, 4.69) is 65.8 Å². The lowest BCUT2D eigenvalue weighted by molar-refractivity contribution is 0.160. The SMILES string of the molecule is CC(/C=C\C(C)C(C)CCC(C)C)/C=C/C1CCC(C2CCC(C)CC2)CC1. The molecule has 0 nitrogen and oxygen atoms in total. The average molecular weight is 387 g/mol. The molecule has 3 atom stereocenters. The van der Waals surface area contributed by atoms with Gasteiger partial charge in [0.25, 0.3) is 0 Å². The molecule has 2 saturated carbocycles. The van der Waals surface area contributed by atoms with Gasteiger partial charge in [-0.05, 0) is 92.3 Å². The van der Waals surface area contributed by atoms with Gasteiger partial charge in [-0.2, -0.15) is 0 Å². The van der Waals surface area contributed by atoms with E-state index < -0.39 is 0 Å². The molecule has 0 amide bonds. The molecule has 0 aromatic rings. The van der Waals surface area contributed by atoms with E-state index in [1.807, 2.05) is 0 Å². The molecule has 2 rings (SSSR count). The Morgan fingerprint density at radius 2 is 1.25 bits per heavy atom. The zero-order chi connectivity index (χ0) is 20.5. The second kappa shape index (κ2) is 12.2. The summed E-state index contributed by atoms with van der Waals surface area (Å²) in [6.45, 7) is 14.3. The van der Waals surface area contributed by atoms with Crippen LogP contribution in [0, 0.1) is 47.3 Å². The van der Waals surface area contributed by atoms with Gasteiger partial charge in [-0.3, -0.25) is 0 Å². The molecule has 0 radical (unpaired) electrons. The summed E-state index contributed by atoms with van der Waals surface area (Å²) in [6.07, 6.45) is 24.5. The summed E-state index contributed by atoms with van der Waals surface area (Å²) in [7, 11) is 0. The quantitative estimate of drug-likeness (QED) is 0.347. The molecule has 0 N–H and O–H groups in total. The van der Waals surface area contributed by atoms with Crippen LogP contribution in [0.4, 0.5) is 0 Å². The van der Waals surface area contributed by atoms with Gasteiger partial charge in [0.2, 0.25) is 0 Å². The van der Waals surface area contributed by atoms with Crippen LogP contribution in [0.1, 0.15) is 106 Å². The first-order valence-corrected chi connectivity index (χ1v) is 12.7. The van der Waals surface area contributed by atoms with Crippen molar-refractivity contribution in [2.75, 3.05) is 0 Å². The van der Waals surface area contributed by atoms with Gasteiger partial charge in [0.15, 0.2) is 0 Å². The molecule has 0 bridgehead atoms. The van der Waals surface area contributed by atoms with Crippen molar-refractivity contribution in [3.8, 4) is 0 Å². The molecule has 162 valence electrons. The predicted octanol–water partition coefficient (Wildman–Crippen LogP) is 9.08. The minimum atomic E-state index is 0.581. The minimum absolute atomic E-state index is 0.581. The van der Waals surface area contributed by atoms with Gasteiger partial charge in [0, 0.05) is 0 Å². The monoisotopic (exact) mass is 386 g/mol. The summed E-state index contributed by atoms with van der Waals surface area (Å²) in [6, 6.07) is 0. The van der Waals surface area contributed by atoms with Gasteiger partial charge < -0.3 is 0 Å². The van der Waals surface area contributed by atoms with Gasteiger partial charge in [0.1, 0.15) is 0 Å². The summed E-state index contributed by atoms with van der Waals surface area (Å²) in [5.74, 6) is 6.85. The maximum atomic E-state index is 2.56. The van der Waals surface area contributed by atoms with E-state index in [-0.39, 0.29) is 0 Å². The van der Waals surface area contributed by atoms with Crippen LogP contribution in [0.15, 0.2) is 24.3 Å². The Balaban J connectivity index is 1.67. The third kappa shape index (κ3) is 8.46. The maximum absolute atomic E-state index is 2.56.